The van der Waals surface area contributed by atoms with Crippen molar-refractivity contribution in [3.63, 3.8) is 0 Å². The van der Waals surface area contributed by atoms with E-state index in [2.05, 4.69) is 28.0 Å². The number of halogens is 1. The first-order valence-corrected chi connectivity index (χ1v) is 6.03. The highest BCUT2D eigenvalue weighted by molar-refractivity contribution is 9.10. The second-order valence-electron chi connectivity index (χ2n) is 3.66. The molecule has 0 saturated carbocycles. The molecule has 0 aromatic carbocycles. The molecule has 2 rings (SSSR count). The summed E-state index contributed by atoms with van der Waals surface area (Å²) in [6, 6.07) is 3.45. The maximum absolute atomic E-state index is 6.07. The van der Waals surface area contributed by atoms with Crippen molar-refractivity contribution in [3.8, 4) is 0 Å². The number of aromatic nitrogens is 2. The Morgan fingerprint density at radius 3 is 3.00 bits per heavy atom. The SMILES string of the molecule is CCCn1cc(C(N)c2ccc(Br)o2)cn1. The van der Waals surface area contributed by atoms with E-state index in [0.29, 0.717) is 4.67 Å². The number of aryl methyl sites for hydroxylation is 1. The van der Waals surface area contributed by atoms with Crippen LogP contribution in [0.15, 0.2) is 33.6 Å². The van der Waals surface area contributed by atoms with Crippen LogP contribution in [0.2, 0.25) is 0 Å². The molecule has 0 saturated heterocycles. The molecule has 0 aliphatic carbocycles. The molecule has 16 heavy (non-hydrogen) atoms. The molecule has 0 amide bonds. The number of furan rings is 1. The Bertz CT molecular complexity index is 463. The van der Waals surface area contributed by atoms with Gasteiger partial charge < -0.3 is 10.2 Å². The average Bonchev–Trinajstić information content (AvgIpc) is 2.87. The summed E-state index contributed by atoms with van der Waals surface area (Å²) in [4.78, 5) is 0. The number of hydrogen-bond acceptors (Lipinski definition) is 3. The van der Waals surface area contributed by atoms with Gasteiger partial charge in [-0.1, -0.05) is 6.92 Å². The highest BCUT2D eigenvalue weighted by Gasteiger charge is 2.14. The van der Waals surface area contributed by atoms with E-state index in [1.807, 2.05) is 23.0 Å². The van der Waals surface area contributed by atoms with E-state index in [9.17, 15) is 0 Å². The van der Waals surface area contributed by atoms with E-state index < -0.39 is 0 Å². The normalized spacial score (nSPS) is 12.9. The summed E-state index contributed by atoms with van der Waals surface area (Å²) >= 11 is 3.26. The fourth-order valence-corrected chi connectivity index (χ4v) is 1.87. The average molecular weight is 284 g/mol. The molecule has 0 aliphatic rings. The minimum Gasteiger partial charge on any atom is -0.452 e. The topological polar surface area (TPSA) is 57.0 Å². The van der Waals surface area contributed by atoms with Gasteiger partial charge in [0, 0.05) is 18.3 Å². The van der Waals surface area contributed by atoms with Gasteiger partial charge in [0.25, 0.3) is 0 Å². The Kier molecular flexibility index (Phi) is 3.46. The summed E-state index contributed by atoms with van der Waals surface area (Å²) in [6.45, 7) is 3.03. The van der Waals surface area contributed by atoms with Crippen LogP contribution < -0.4 is 5.73 Å². The van der Waals surface area contributed by atoms with Gasteiger partial charge in [-0.15, -0.1) is 0 Å². The van der Waals surface area contributed by atoms with Gasteiger partial charge in [0.2, 0.25) is 0 Å². The Morgan fingerprint density at radius 2 is 2.38 bits per heavy atom. The van der Waals surface area contributed by atoms with Crippen LogP contribution in [-0.4, -0.2) is 9.78 Å². The van der Waals surface area contributed by atoms with Gasteiger partial charge in [-0.3, -0.25) is 4.68 Å². The van der Waals surface area contributed by atoms with Gasteiger partial charge >= 0.3 is 0 Å². The first-order valence-electron chi connectivity index (χ1n) is 5.24. The number of nitrogens with zero attached hydrogens (tertiary/aromatic N) is 2. The van der Waals surface area contributed by atoms with Gasteiger partial charge in [-0.25, -0.2) is 0 Å². The maximum atomic E-state index is 6.07. The molecule has 86 valence electrons. The lowest BCUT2D eigenvalue weighted by Gasteiger charge is -2.04. The van der Waals surface area contributed by atoms with E-state index in [-0.39, 0.29) is 6.04 Å². The van der Waals surface area contributed by atoms with E-state index in [4.69, 9.17) is 10.2 Å². The van der Waals surface area contributed by atoms with Crippen LogP contribution in [0, 0.1) is 0 Å². The number of rotatable bonds is 4. The highest BCUT2D eigenvalue weighted by Crippen LogP contribution is 2.23. The van der Waals surface area contributed by atoms with Crippen LogP contribution in [-0.2, 0) is 6.54 Å². The minimum absolute atomic E-state index is 0.253. The molecule has 4 nitrogen and oxygen atoms in total. The number of hydrogen-bond donors (Lipinski definition) is 1. The summed E-state index contributed by atoms with van der Waals surface area (Å²) in [5, 5.41) is 4.24. The third kappa shape index (κ3) is 2.36. The summed E-state index contributed by atoms with van der Waals surface area (Å²) in [6.07, 6.45) is 4.81. The second-order valence-corrected chi connectivity index (χ2v) is 4.44. The van der Waals surface area contributed by atoms with Gasteiger partial charge in [0.1, 0.15) is 5.76 Å². The summed E-state index contributed by atoms with van der Waals surface area (Å²) in [5.74, 6) is 0.739. The summed E-state index contributed by atoms with van der Waals surface area (Å²) < 4.78 is 8.01. The third-order valence-electron chi connectivity index (χ3n) is 2.37. The van der Waals surface area contributed by atoms with E-state index in [1.165, 1.54) is 0 Å². The molecule has 5 heteroatoms. The second kappa shape index (κ2) is 4.84. The van der Waals surface area contributed by atoms with Crippen LogP contribution >= 0.6 is 15.9 Å². The first-order chi connectivity index (χ1) is 7.70. The van der Waals surface area contributed by atoms with Crippen LogP contribution in [0.4, 0.5) is 0 Å². The van der Waals surface area contributed by atoms with Crippen LogP contribution in [0.5, 0.6) is 0 Å². The van der Waals surface area contributed by atoms with Crippen molar-refractivity contribution in [2.24, 2.45) is 5.73 Å². The van der Waals surface area contributed by atoms with Crippen LogP contribution in [0.25, 0.3) is 0 Å². The van der Waals surface area contributed by atoms with Crippen molar-refractivity contribution in [2.45, 2.75) is 25.9 Å². The first kappa shape index (κ1) is 11.4. The highest BCUT2D eigenvalue weighted by atomic mass is 79.9. The largest absolute Gasteiger partial charge is 0.452 e. The van der Waals surface area contributed by atoms with Crippen LogP contribution in [0.3, 0.4) is 0 Å². The lowest BCUT2D eigenvalue weighted by molar-refractivity contribution is 0.470. The van der Waals surface area contributed by atoms with E-state index in [1.54, 1.807) is 6.20 Å². The van der Waals surface area contributed by atoms with Crippen molar-refractivity contribution < 1.29 is 4.42 Å². The molecule has 0 spiro atoms. The Morgan fingerprint density at radius 1 is 1.56 bits per heavy atom. The molecule has 0 fully saturated rings. The monoisotopic (exact) mass is 283 g/mol. The fraction of sp³-hybridized carbons (Fsp3) is 0.364. The molecule has 0 bridgehead atoms. The summed E-state index contributed by atoms with van der Waals surface area (Å²) in [7, 11) is 0. The smallest absolute Gasteiger partial charge is 0.169 e. The number of nitrogens with two attached hydrogens (primary N) is 1. The van der Waals surface area contributed by atoms with Crippen molar-refractivity contribution >= 4 is 15.9 Å². The zero-order valence-electron chi connectivity index (χ0n) is 9.06. The van der Waals surface area contributed by atoms with Gasteiger partial charge in [-0.2, -0.15) is 5.10 Å². The lowest BCUT2D eigenvalue weighted by Crippen LogP contribution is -2.10. The molecule has 2 aromatic heterocycles. The van der Waals surface area contributed by atoms with Crippen molar-refractivity contribution in [3.05, 3.63) is 40.5 Å². The molecule has 1 unspecified atom stereocenters. The predicted octanol–water partition coefficient (Wildman–Crippen LogP) is 2.70. The zero-order chi connectivity index (χ0) is 11.5. The van der Waals surface area contributed by atoms with Crippen molar-refractivity contribution in [1.82, 2.24) is 9.78 Å². The van der Waals surface area contributed by atoms with Gasteiger partial charge in [0.05, 0.1) is 12.2 Å². The molecule has 2 heterocycles. The van der Waals surface area contributed by atoms with Gasteiger partial charge in [0.15, 0.2) is 4.67 Å². The Hall–Kier alpha value is -1.07. The zero-order valence-corrected chi connectivity index (χ0v) is 10.6. The molecule has 0 radical (unpaired) electrons. The maximum Gasteiger partial charge on any atom is 0.169 e. The predicted molar refractivity (Wildman–Crippen MR) is 65.0 cm³/mol. The quantitative estimate of drug-likeness (QED) is 0.939. The summed E-state index contributed by atoms with van der Waals surface area (Å²) in [5.41, 5.74) is 7.04. The van der Waals surface area contributed by atoms with Crippen LogP contribution in [0.1, 0.15) is 30.7 Å². The Labute approximate surface area is 103 Å². The fourth-order valence-electron chi connectivity index (χ4n) is 1.55. The van der Waals surface area contributed by atoms with Crippen molar-refractivity contribution in [1.29, 1.82) is 0 Å². The standard InChI is InChI=1S/C11H14BrN3O/c1-2-5-15-7-8(6-14-15)11(13)9-3-4-10(12)16-9/h3-4,6-7,11H,2,5,13H2,1H3. The lowest BCUT2D eigenvalue weighted by atomic mass is 10.1. The molecule has 0 aliphatic heterocycles. The molecular formula is C11H14BrN3O. The minimum atomic E-state index is -0.253. The molecule has 2 N–H and O–H groups in total. The molecule has 2 aromatic rings. The van der Waals surface area contributed by atoms with E-state index >= 15 is 0 Å². The molecular weight excluding hydrogens is 270 g/mol. The Balaban J connectivity index is 2.17. The third-order valence-corrected chi connectivity index (χ3v) is 2.79. The van der Waals surface area contributed by atoms with E-state index in [0.717, 1.165) is 24.3 Å². The van der Waals surface area contributed by atoms with Gasteiger partial charge in [-0.05, 0) is 34.5 Å². The van der Waals surface area contributed by atoms with Crippen molar-refractivity contribution in [2.75, 3.05) is 0 Å². The molecule has 1 atom stereocenters.